The largest absolute Gasteiger partial charge is 0.503 e. The molecule has 0 aliphatic carbocycles. The van der Waals surface area contributed by atoms with Gasteiger partial charge in [-0.1, -0.05) is 60.7 Å². The van der Waals surface area contributed by atoms with Crippen molar-refractivity contribution in [3.63, 3.8) is 0 Å². The lowest BCUT2D eigenvalue weighted by Gasteiger charge is -2.09. The van der Waals surface area contributed by atoms with Gasteiger partial charge in [0.05, 0.1) is 17.1 Å². The van der Waals surface area contributed by atoms with Crippen LogP contribution in [0, 0.1) is 13.8 Å². The average molecular weight is 556 g/mol. The molecule has 0 saturated carbocycles. The van der Waals surface area contributed by atoms with E-state index in [1.54, 1.807) is 0 Å². The molecule has 2 heterocycles. The molecule has 0 saturated heterocycles. The Labute approximate surface area is 250 Å². The van der Waals surface area contributed by atoms with E-state index in [9.17, 15) is 0 Å². The van der Waals surface area contributed by atoms with Crippen LogP contribution in [0.25, 0.3) is 27.5 Å². The summed E-state index contributed by atoms with van der Waals surface area (Å²) in [6.45, 7) is 4.27. The van der Waals surface area contributed by atoms with Crippen LogP contribution in [-0.2, 0) is 0 Å². The predicted octanol–water partition coefficient (Wildman–Crippen LogP) is 10.0. The number of aromatic nitrogens is 1. The van der Waals surface area contributed by atoms with Crippen LogP contribution < -0.4 is 13.9 Å². The third kappa shape index (κ3) is 4.33. The molecule has 0 unspecified atom stereocenters. The van der Waals surface area contributed by atoms with Gasteiger partial charge in [-0.3, -0.25) is 0 Å². The number of benzene rings is 6. The van der Waals surface area contributed by atoms with Crippen LogP contribution in [0.4, 0.5) is 22.7 Å². The number of nitrogens with zero attached hydrogens (tertiary/aromatic N) is 3. The van der Waals surface area contributed by atoms with Crippen molar-refractivity contribution in [2.75, 3.05) is 0 Å². The SMILES string of the molecule is Cc1cc(C)cc([N+]2=C=[N+](c3cccc(Oc4ccc5c6ccccc6n(-c6ccccc6)c5c4)c3)c3ccccc32)c1. The molecule has 7 aromatic rings. The van der Waals surface area contributed by atoms with Crippen molar-refractivity contribution in [2.45, 2.75) is 13.8 Å². The predicted molar refractivity (Wildman–Crippen MR) is 178 cm³/mol. The lowest BCUT2D eigenvalue weighted by molar-refractivity contribution is 0.483. The van der Waals surface area contributed by atoms with E-state index in [1.807, 2.05) is 18.2 Å². The summed E-state index contributed by atoms with van der Waals surface area (Å²) in [7, 11) is 0. The molecular formula is C39H29N3O+2. The van der Waals surface area contributed by atoms with Gasteiger partial charge in [-0.15, -0.1) is 0 Å². The number of aryl methyl sites for hydroxylation is 2. The van der Waals surface area contributed by atoms with Crippen LogP contribution in [0.5, 0.6) is 11.5 Å². The third-order valence-electron chi connectivity index (χ3n) is 8.00. The summed E-state index contributed by atoms with van der Waals surface area (Å²) in [5.41, 5.74) is 10.1. The van der Waals surface area contributed by atoms with Crippen molar-refractivity contribution < 1.29 is 4.74 Å². The van der Waals surface area contributed by atoms with Gasteiger partial charge in [0.25, 0.3) is 11.4 Å². The van der Waals surface area contributed by atoms with Crippen molar-refractivity contribution in [1.29, 1.82) is 0 Å². The summed E-state index contributed by atoms with van der Waals surface area (Å²) in [6.07, 6.45) is 0. The molecule has 4 nitrogen and oxygen atoms in total. The summed E-state index contributed by atoms with van der Waals surface area (Å²) in [5.74, 6) is 1.56. The Morgan fingerprint density at radius 3 is 1.95 bits per heavy atom. The van der Waals surface area contributed by atoms with E-state index in [-0.39, 0.29) is 0 Å². The second kappa shape index (κ2) is 9.99. The molecular weight excluding hydrogens is 526 g/mol. The fourth-order valence-corrected chi connectivity index (χ4v) is 6.21. The normalized spacial score (nSPS) is 12.3. The van der Waals surface area contributed by atoms with Gasteiger partial charge in [-0.2, -0.15) is 0 Å². The van der Waals surface area contributed by atoms with Crippen LogP contribution in [0.15, 0.2) is 140 Å². The van der Waals surface area contributed by atoms with E-state index in [2.05, 4.69) is 155 Å². The highest BCUT2D eigenvalue weighted by Gasteiger charge is 2.36. The Hall–Kier alpha value is -5.70. The van der Waals surface area contributed by atoms with Crippen LogP contribution in [-0.4, -0.2) is 10.6 Å². The molecule has 0 radical (unpaired) electrons. The molecule has 4 heteroatoms. The molecule has 1 aliphatic rings. The fourth-order valence-electron chi connectivity index (χ4n) is 6.21. The van der Waals surface area contributed by atoms with Crippen LogP contribution >= 0.6 is 0 Å². The van der Waals surface area contributed by atoms with E-state index >= 15 is 0 Å². The third-order valence-corrected chi connectivity index (χ3v) is 8.00. The maximum absolute atomic E-state index is 6.52. The molecule has 0 bridgehead atoms. The van der Waals surface area contributed by atoms with Crippen molar-refractivity contribution in [3.05, 3.63) is 151 Å². The molecule has 0 atom stereocenters. The number of para-hydroxylation sites is 4. The lowest BCUT2D eigenvalue weighted by atomic mass is 10.1. The Morgan fingerprint density at radius 1 is 0.512 bits per heavy atom. The topological polar surface area (TPSA) is 20.2 Å². The summed E-state index contributed by atoms with van der Waals surface area (Å²) in [6, 6.07) is 52.2. The summed E-state index contributed by atoms with van der Waals surface area (Å²) < 4.78 is 13.1. The first-order chi connectivity index (χ1) is 21.1. The second-order valence-corrected chi connectivity index (χ2v) is 11.1. The number of hydrogen-bond acceptors (Lipinski definition) is 1. The van der Waals surface area contributed by atoms with E-state index in [0.717, 1.165) is 45.5 Å². The van der Waals surface area contributed by atoms with Gasteiger partial charge in [0.15, 0.2) is 0 Å². The maximum Gasteiger partial charge on any atom is 0.503 e. The Balaban J connectivity index is 1.21. The lowest BCUT2D eigenvalue weighted by Crippen LogP contribution is -2.01. The average Bonchev–Trinajstić information content (AvgIpc) is 3.57. The van der Waals surface area contributed by atoms with Crippen LogP contribution in [0.1, 0.15) is 11.1 Å². The van der Waals surface area contributed by atoms with Crippen LogP contribution in [0.2, 0.25) is 0 Å². The monoisotopic (exact) mass is 555 g/mol. The molecule has 0 N–H and O–H groups in total. The number of ether oxygens (including phenoxy) is 1. The Kier molecular flexibility index (Phi) is 5.82. The Morgan fingerprint density at radius 2 is 1.16 bits per heavy atom. The highest BCUT2D eigenvalue weighted by molar-refractivity contribution is 6.09. The molecule has 0 amide bonds. The van der Waals surface area contributed by atoms with Gasteiger partial charge in [0.1, 0.15) is 11.5 Å². The van der Waals surface area contributed by atoms with Gasteiger partial charge in [-0.05, 0) is 70.5 Å². The van der Waals surface area contributed by atoms with Gasteiger partial charge in [0.2, 0.25) is 11.4 Å². The number of hydrogen-bond donors (Lipinski definition) is 0. The molecule has 0 fully saturated rings. The molecule has 204 valence electrons. The Bertz CT molecular complexity index is 2250. The minimum Gasteiger partial charge on any atom is -0.457 e. The van der Waals surface area contributed by atoms with Gasteiger partial charge < -0.3 is 9.30 Å². The van der Waals surface area contributed by atoms with Gasteiger partial charge in [0, 0.05) is 52.9 Å². The minimum absolute atomic E-state index is 0.767. The van der Waals surface area contributed by atoms with E-state index in [1.165, 1.54) is 27.4 Å². The standard InChI is InChI=1S/C39H29N3O/c1-27-21-28(2)23-31(22-27)41-26-40(37-17-8-9-18-38(37)41)30-13-10-14-32(24-30)43-33-19-20-35-34-15-6-7-16-36(34)42(39(35)25-33)29-11-4-3-5-12-29/h3-25H,1-2H3/q+2. The summed E-state index contributed by atoms with van der Waals surface area (Å²) in [4.78, 5) is 0. The molecule has 1 aliphatic heterocycles. The smallest absolute Gasteiger partial charge is 0.457 e. The highest BCUT2D eigenvalue weighted by Crippen LogP contribution is 2.38. The van der Waals surface area contributed by atoms with Crippen molar-refractivity contribution >= 4 is 50.6 Å². The zero-order chi connectivity index (χ0) is 28.9. The summed E-state index contributed by atoms with van der Waals surface area (Å²) in [5, 5.41) is 2.42. The van der Waals surface area contributed by atoms with Gasteiger partial charge >= 0.3 is 6.01 Å². The molecule has 43 heavy (non-hydrogen) atoms. The molecule has 0 spiro atoms. The highest BCUT2D eigenvalue weighted by atomic mass is 16.5. The van der Waals surface area contributed by atoms with Crippen LogP contribution in [0.3, 0.4) is 0 Å². The molecule has 6 aromatic carbocycles. The first-order valence-electron chi connectivity index (χ1n) is 14.5. The minimum atomic E-state index is 0.767. The first-order valence-corrected chi connectivity index (χ1v) is 14.5. The zero-order valence-corrected chi connectivity index (χ0v) is 24.0. The van der Waals surface area contributed by atoms with E-state index in [4.69, 9.17) is 4.74 Å². The first kappa shape index (κ1) is 25.0. The molecule has 1 aromatic heterocycles. The van der Waals surface area contributed by atoms with E-state index < -0.39 is 0 Å². The van der Waals surface area contributed by atoms with Crippen molar-refractivity contribution in [3.8, 4) is 17.2 Å². The summed E-state index contributed by atoms with van der Waals surface area (Å²) >= 11 is 0. The fraction of sp³-hybridized carbons (Fsp3) is 0.0513. The zero-order valence-electron chi connectivity index (χ0n) is 24.0. The number of rotatable bonds is 5. The quantitative estimate of drug-likeness (QED) is 0.194. The van der Waals surface area contributed by atoms with Crippen molar-refractivity contribution in [1.82, 2.24) is 13.7 Å². The number of fused-ring (bicyclic) bond motifs is 4. The maximum atomic E-state index is 6.52. The van der Waals surface area contributed by atoms with Crippen molar-refractivity contribution in [2.24, 2.45) is 0 Å². The van der Waals surface area contributed by atoms with Gasteiger partial charge in [-0.25, -0.2) is 0 Å². The van der Waals surface area contributed by atoms with E-state index in [0.29, 0.717) is 0 Å². The molecule has 8 rings (SSSR count). The second-order valence-electron chi connectivity index (χ2n) is 11.1.